The van der Waals surface area contributed by atoms with E-state index in [4.69, 9.17) is 4.74 Å². The topological polar surface area (TPSA) is 46.6 Å². The standard InChI is InChI=1S/C32H34Br3NO3/c1-6-36-23-13-31(2,3)15-25(37)28(23)27(29-24(36)14-32(4,5)16-26(29)38)21-11-20(34)12-22(35)30(21)39-17-18-7-9-19(33)10-8-18/h7-12,27H,6,13-17H2,1-5H3. The van der Waals surface area contributed by atoms with Crippen LogP contribution in [0.15, 0.2) is 72.4 Å². The molecule has 0 saturated heterocycles. The van der Waals surface area contributed by atoms with Crippen LogP contribution in [0.2, 0.25) is 0 Å². The van der Waals surface area contributed by atoms with Crippen LogP contribution in [0.5, 0.6) is 5.75 Å². The lowest BCUT2D eigenvalue weighted by molar-refractivity contribution is -0.119. The van der Waals surface area contributed by atoms with E-state index in [1.807, 2.05) is 36.4 Å². The number of ether oxygens (including phenoxy) is 1. The zero-order valence-corrected chi connectivity index (χ0v) is 27.8. The zero-order valence-electron chi connectivity index (χ0n) is 23.1. The van der Waals surface area contributed by atoms with Crippen molar-refractivity contribution in [1.29, 1.82) is 0 Å². The third-order valence-corrected chi connectivity index (χ3v) is 9.56. The fourth-order valence-corrected chi connectivity index (χ4v) is 8.06. The first-order valence-corrected chi connectivity index (χ1v) is 15.8. The van der Waals surface area contributed by atoms with Crippen LogP contribution in [0.3, 0.4) is 0 Å². The lowest BCUT2D eigenvalue weighted by atomic mass is 9.63. The monoisotopic (exact) mass is 717 g/mol. The summed E-state index contributed by atoms with van der Waals surface area (Å²) in [7, 11) is 0. The van der Waals surface area contributed by atoms with Gasteiger partial charge in [-0.05, 0) is 76.4 Å². The lowest BCUT2D eigenvalue weighted by Crippen LogP contribution is -2.44. The van der Waals surface area contributed by atoms with Crippen molar-refractivity contribution in [2.45, 2.75) is 72.8 Å². The van der Waals surface area contributed by atoms with Gasteiger partial charge in [0.05, 0.1) is 4.47 Å². The summed E-state index contributed by atoms with van der Waals surface area (Å²) < 4.78 is 9.17. The van der Waals surface area contributed by atoms with Crippen molar-refractivity contribution in [2.75, 3.05) is 6.54 Å². The number of hydrogen-bond acceptors (Lipinski definition) is 4. The Morgan fingerprint density at radius 1 is 0.821 bits per heavy atom. The minimum absolute atomic E-state index is 0.129. The highest BCUT2D eigenvalue weighted by Gasteiger charge is 2.49. The largest absolute Gasteiger partial charge is 0.487 e. The van der Waals surface area contributed by atoms with Gasteiger partial charge in [-0.2, -0.15) is 0 Å². The van der Waals surface area contributed by atoms with Gasteiger partial charge in [0.15, 0.2) is 11.6 Å². The number of Topliss-reactive ketones (excluding diaryl/α,β-unsaturated/α-hetero) is 2. The van der Waals surface area contributed by atoms with Crippen LogP contribution in [0.1, 0.15) is 77.3 Å². The number of hydrogen-bond donors (Lipinski definition) is 0. The summed E-state index contributed by atoms with van der Waals surface area (Å²) in [5.41, 5.74) is 5.28. The predicted octanol–water partition coefficient (Wildman–Crippen LogP) is 9.26. The van der Waals surface area contributed by atoms with E-state index in [1.165, 1.54) is 0 Å². The molecule has 39 heavy (non-hydrogen) atoms. The Kier molecular flexibility index (Phi) is 7.84. The van der Waals surface area contributed by atoms with Gasteiger partial charge in [0, 0.05) is 62.4 Å². The molecule has 1 heterocycles. The molecule has 0 radical (unpaired) electrons. The second-order valence-corrected chi connectivity index (χ2v) is 15.2. The van der Waals surface area contributed by atoms with Crippen LogP contribution in [-0.4, -0.2) is 23.0 Å². The van der Waals surface area contributed by atoms with Gasteiger partial charge in [0.25, 0.3) is 0 Å². The number of rotatable bonds is 5. The van der Waals surface area contributed by atoms with Crippen molar-refractivity contribution in [3.05, 3.63) is 83.5 Å². The van der Waals surface area contributed by atoms with Crippen LogP contribution in [-0.2, 0) is 16.2 Å². The average molecular weight is 720 g/mol. The van der Waals surface area contributed by atoms with Crippen molar-refractivity contribution in [3.8, 4) is 5.75 Å². The van der Waals surface area contributed by atoms with Gasteiger partial charge >= 0.3 is 0 Å². The van der Waals surface area contributed by atoms with Crippen LogP contribution in [0, 0.1) is 10.8 Å². The van der Waals surface area contributed by atoms with E-state index in [-0.39, 0.29) is 22.4 Å². The number of carbonyl (C=O) groups is 2. The Balaban J connectivity index is 1.72. The minimum atomic E-state index is -0.460. The van der Waals surface area contributed by atoms with Crippen molar-refractivity contribution in [1.82, 2.24) is 4.90 Å². The predicted molar refractivity (Wildman–Crippen MR) is 166 cm³/mol. The lowest BCUT2D eigenvalue weighted by Gasteiger charge is -2.49. The van der Waals surface area contributed by atoms with Gasteiger partial charge in [-0.3, -0.25) is 9.59 Å². The van der Waals surface area contributed by atoms with Crippen LogP contribution in [0.4, 0.5) is 0 Å². The van der Waals surface area contributed by atoms with Crippen LogP contribution in [0.25, 0.3) is 0 Å². The number of ketones is 2. The van der Waals surface area contributed by atoms with E-state index in [0.717, 1.165) is 66.5 Å². The molecule has 0 spiro atoms. The van der Waals surface area contributed by atoms with Gasteiger partial charge in [-0.25, -0.2) is 0 Å². The summed E-state index contributed by atoms with van der Waals surface area (Å²) >= 11 is 10.9. The molecule has 0 saturated carbocycles. The number of allylic oxidation sites excluding steroid dienone is 4. The normalized spacial score (nSPS) is 20.8. The molecular weight excluding hydrogens is 686 g/mol. The molecule has 0 fully saturated rings. The Hall–Kier alpha value is -1.70. The summed E-state index contributed by atoms with van der Waals surface area (Å²) in [5, 5.41) is 0. The number of nitrogens with zero attached hydrogens (tertiary/aromatic N) is 1. The van der Waals surface area contributed by atoms with Gasteiger partial charge < -0.3 is 9.64 Å². The first-order valence-electron chi connectivity index (χ1n) is 13.5. The maximum atomic E-state index is 14.0. The van der Waals surface area contributed by atoms with E-state index in [9.17, 15) is 9.59 Å². The molecule has 206 valence electrons. The van der Waals surface area contributed by atoms with Crippen LogP contribution >= 0.6 is 47.8 Å². The maximum Gasteiger partial charge on any atom is 0.162 e. The van der Waals surface area contributed by atoms with E-state index in [0.29, 0.717) is 25.2 Å². The molecule has 0 bridgehead atoms. The van der Waals surface area contributed by atoms with Crippen LogP contribution < -0.4 is 4.74 Å². The molecule has 0 amide bonds. The summed E-state index contributed by atoms with van der Waals surface area (Å²) in [6, 6.07) is 12.0. The fraction of sp³-hybridized carbons (Fsp3) is 0.438. The highest BCUT2D eigenvalue weighted by atomic mass is 79.9. The Labute approximate surface area is 256 Å². The Bertz CT molecular complexity index is 1360. The van der Waals surface area contributed by atoms with Gasteiger partial charge in [0.1, 0.15) is 12.4 Å². The van der Waals surface area contributed by atoms with E-state index < -0.39 is 5.92 Å². The van der Waals surface area contributed by atoms with Gasteiger partial charge in [0.2, 0.25) is 0 Å². The van der Waals surface area contributed by atoms with E-state index in [1.54, 1.807) is 0 Å². The maximum absolute atomic E-state index is 14.0. The van der Waals surface area contributed by atoms with Crippen molar-refractivity contribution in [3.63, 3.8) is 0 Å². The number of carbonyl (C=O) groups excluding carboxylic acids is 2. The fourth-order valence-electron chi connectivity index (χ4n) is 6.42. The van der Waals surface area contributed by atoms with E-state index in [2.05, 4.69) is 87.3 Å². The molecule has 0 atom stereocenters. The SMILES string of the molecule is CCN1C2=C(C(=O)CC(C)(C)C2)C(c2cc(Br)cc(Br)c2OCc2ccc(Br)cc2)C2=C1CC(C)(C)CC2=O. The molecule has 2 aromatic carbocycles. The van der Waals surface area contributed by atoms with Crippen molar-refractivity contribution >= 4 is 59.4 Å². The highest BCUT2D eigenvalue weighted by molar-refractivity contribution is 9.11. The number of benzene rings is 2. The quantitative estimate of drug-likeness (QED) is 0.309. The summed E-state index contributed by atoms with van der Waals surface area (Å²) in [6.07, 6.45) is 2.53. The molecule has 7 heteroatoms. The summed E-state index contributed by atoms with van der Waals surface area (Å²) in [4.78, 5) is 30.3. The molecule has 4 nitrogen and oxygen atoms in total. The van der Waals surface area contributed by atoms with E-state index >= 15 is 0 Å². The molecular formula is C32H34Br3NO3. The zero-order chi connectivity index (χ0) is 28.3. The first-order chi connectivity index (χ1) is 18.3. The highest BCUT2D eigenvalue weighted by Crippen LogP contribution is 2.56. The van der Waals surface area contributed by atoms with Crippen molar-refractivity contribution < 1.29 is 14.3 Å². The summed E-state index contributed by atoms with van der Waals surface area (Å²) in [5.74, 6) is 0.469. The second kappa shape index (κ2) is 10.6. The van der Waals surface area contributed by atoms with Crippen molar-refractivity contribution in [2.24, 2.45) is 10.8 Å². The smallest absolute Gasteiger partial charge is 0.162 e. The average Bonchev–Trinajstić information content (AvgIpc) is 2.81. The molecule has 0 N–H and O–H groups in total. The molecule has 0 aromatic heterocycles. The molecule has 5 rings (SSSR count). The van der Waals surface area contributed by atoms with Gasteiger partial charge in [-0.1, -0.05) is 71.7 Å². The Morgan fingerprint density at radius 3 is 1.87 bits per heavy atom. The Morgan fingerprint density at radius 2 is 1.36 bits per heavy atom. The first kappa shape index (κ1) is 28.8. The second-order valence-electron chi connectivity index (χ2n) is 12.5. The minimum Gasteiger partial charge on any atom is -0.487 e. The molecule has 0 unspecified atom stereocenters. The molecule has 3 aliphatic rings. The summed E-state index contributed by atoms with van der Waals surface area (Å²) in [6.45, 7) is 11.9. The molecule has 2 aliphatic carbocycles. The number of halogens is 3. The molecule has 2 aromatic rings. The van der Waals surface area contributed by atoms with Gasteiger partial charge in [-0.15, -0.1) is 0 Å². The third-order valence-electron chi connectivity index (χ3n) is 7.98. The third kappa shape index (κ3) is 5.60. The molecule has 1 aliphatic heterocycles.